The third-order valence-corrected chi connectivity index (χ3v) is 2.94. The van der Waals surface area contributed by atoms with Gasteiger partial charge in [0.1, 0.15) is 0 Å². The number of carbonyl (C=O) groups excluding carboxylic acids is 1. The minimum Gasteiger partial charge on any atom is -0.337 e. The van der Waals surface area contributed by atoms with E-state index in [1.165, 1.54) is 19.3 Å². The molecule has 0 aromatic rings. The summed E-state index contributed by atoms with van der Waals surface area (Å²) in [4.78, 5) is 10.6. The summed E-state index contributed by atoms with van der Waals surface area (Å²) >= 11 is 0. The third-order valence-electron chi connectivity index (χ3n) is 2.94. The molecule has 1 amide bonds. The predicted octanol–water partition coefficient (Wildman–Crippen LogP) is 4.06. The zero-order chi connectivity index (χ0) is 15.4. The monoisotopic (exact) mass is 291 g/mol. The van der Waals surface area contributed by atoms with E-state index < -0.39 is 12.1 Å². The van der Waals surface area contributed by atoms with Crippen LogP contribution in [0.1, 0.15) is 58.8 Å². The first-order chi connectivity index (χ1) is 9.41. The van der Waals surface area contributed by atoms with Gasteiger partial charge in [0, 0.05) is 5.92 Å². The van der Waals surface area contributed by atoms with E-state index in [1.807, 2.05) is 0 Å². The Kier molecular flexibility index (Phi) is 9.96. The second-order valence-corrected chi connectivity index (χ2v) is 4.84. The maximum Gasteiger partial charge on any atom is 0.471 e. The molecule has 0 heterocycles. The SMILES string of the molecule is CCCCCCC(C#CCNC(=O)C(F)(F)F)CCC. The molecule has 5 heteroatoms. The normalized spacial score (nSPS) is 12.4. The Hall–Kier alpha value is -1.18. The van der Waals surface area contributed by atoms with Gasteiger partial charge >= 0.3 is 12.1 Å². The molecule has 0 aliphatic carbocycles. The van der Waals surface area contributed by atoms with Crippen molar-refractivity contribution >= 4 is 5.91 Å². The molecule has 0 rings (SSSR count). The molecular weight excluding hydrogens is 267 g/mol. The number of carbonyl (C=O) groups is 1. The summed E-state index contributed by atoms with van der Waals surface area (Å²) in [6, 6.07) is 0. The lowest BCUT2D eigenvalue weighted by Crippen LogP contribution is -2.36. The van der Waals surface area contributed by atoms with Crippen molar-refractivity contribution in [3.63, 3.8) is 0 Å². The van der Waals surface area contributed by atoms with Crippen molar-refractivity contribution in [3.8, 4) is 11.8 Å². The Labute approximate surface area is 119 Å². The van der Waals surface area contributed by atoms with Crippen molar-refractivity contribution in [2.24, 2.45) is 5.92 Å². The fourth-order valence-corrected chi connectivity index (χ4v) is 1.87. The van der Waals surface area contributed by atoms with Crippen molar-refractivity contribution in [2.75, 3.05) is 6.54 Å². The Morgan fingerprint density at radius 2 is 1.80 bits per heavy atom. The van der Waals surface area contributed by atoms with E-state index in [-0.39, 0.29) is 12.5 Å². The number of unbranched alkanes of at least 4 members (excludes halogenated alkanes) is 3. The molecule has 0 saturated heterocycles. The average Bonchev–Trinajstić information content (AvgIpc) is 2.38. The van der Waals surface area contributed by atoms with E-state index in [9.17, 15) is 18.0 Å². The summed E-state index contributed by atoms with van der Waals surface area (Å²) in [5, 5.41) is 1.76. The number of alkyl halides is 3. The molecular formula is C15H24F3NO. The number of amides is 1. The Balaban J connectivity index is 4.06. The zero-order valence-corrected chi connectivity index (χ0v) is 12.3. The molecule has 116 valence electrons. The van der Waals surface area contributed by atoms with E-state index in [2.05, 4.69) is 25.7 Å². The van der Waals surface area contributed by atoms with E-state index in [0.29, 0.717) is 0 Å². The molecule has 0 aromatic carbocycles. The van der Waals surface area contributed by atoms with Crippen molar-refractivity contribution in [1.29, 1.82) is 0 Å². The molecule has 0 bridgehead atoms. The topological polar surface area (TPSA) is 29.1 Å². The second kappa shape index (κ2) is 10.6. The quantitative estimate of drug-likeness (QED) is 0.530. The molecule has 0 aliphatic heterocycles. The van der Waals surface area contributed by atoms with Gasteiger partial charge in [0.15, 0.2) is 0 Å². The van der Waals surface area contributed by atoms with Gasteiger partial charge in [-0.15, -0.1) is 0 Å². The van der Waals surface area contributed by atoms with Gasteiger partial charge in [0.25, 0.3) is 0 Å². The Morgan fingerprint density at radius 3 is 2.35 bits per heavy atom. The number of rotatable bonds is 8. The van der Waals surface area contributed by atoms with Gasteiger partial charge in [0.2, 0.25) is 0 Å². The minimum absolute atomic E-state index is 0.222. The Morgan fingerprint density at radius 1 is 1.10 bits per heavy atom. The molecule has 0 aliphatic rings. The molecule has 0 saturated carbocycles. The molecule has 0 aromatic heterocycles. The van der Waals surface area contributed by atoms with Gasteiger partial charge in [-0.1, -0.05) is 57.8 Å². The Bertz CT molecular complexity index is 328. The fourth-order valence-electron chi connectivity index (χ4n) is 1.87. The van der Waals surface area contributed by atoms with Crippen LogP contribution >= 0.6 is 0 Å². The maximum atomic E-state index is 11.9. The smallest absolute Gasteiger partial charge is 0.337 e. The first-order valence-corrected chi connectivity index (χ1v) is 7.25. The summed E-state index contributed by atoms with van der Waals surface area (Å²) in [7, 11) is 0. The molecule has 1 atom stereocenters. The highest BCUT2D eigenvalue weighted by Gasteiger charge is 2.38. The molecule has 0 fully saturated rings. The van der Waals surface area contributed by atoms with Gasteiger partial charge in [-0.2, -0.15) is 13.2 Å². The minimum atomic E-state index is -4.83. The highest BCUT2D eigenvalue weighted by Crippen LogP contribution is 2.15. The fraction of sp³-hybridized carbons (Fsp3) is 0.800. The van der Waals surface area contributed by atoms with E-state index in [1.54, 1.807) is 5.32 Å². The highest BCUT2D eigenvalue weighted by molar-refractivity contribution is 5.81. The second-order valence-electron chi connectivity index (χ2n) is 4.84. The van der Waals surface area contributed by atoms with Crippen LogP contribution < -0.4 is 5.32 Å². The molecule has 1 unspecified atom stereocenters. The van der Waals surface area contributed by atoms with Gasteiger partial charge in [-0.3, -0.25) is 4.79 Å². The van der Waals surface area contributed by atoms with Crippen molar-refractivity contribution < 1.29 is 18.0 Å². The first-order valence-electron chi connectivity index (χ1n) is 7.25. The average molecular weight is 291 g/mol. The molecule has 0 radical (unpaired) electrons. The largest absolute Gasteiger partial charge is 0.471 e. The van der Waals surface area contributed by atoms with Gasteiger partial charge < -0.3 is 5.32 Å². The van der Waals surface area contributed by atoms with Crippen LogP contribution in [-0.2, 0) is 4.79 Å². The van der Waals surface area contributed by atoms with E-state index in [4.69, 9.17) is 0 Å². The van der Waals surface area contributed by atoms with Crippen LogP contribution in [0.3, 0.4) is 0 Å². The summed E-state index contributed by atoms with van der Waals surface area (Å²) < 4.78 is 35.8. The van der Waals surface area contributed by atoms with Crippen molar-refractivity contribution in [1.82, 2.24) is 5.32 Å². The lowest BCUT2D eigenvalue weighted by Gasteiger charge is -2.09. The highest BCUT2D eigenvalue weighted by atomic mass is 19.4. The van der Waals surface area contributed by atoms with Crippen LogP contribution in [0.4, 0.5) is 13.2 Å². The predicted molar refractivity (Wildman–Crippen MR) is 74.0 cm³/mol. The number of nitrogens with one attached hydrogen (secondary N) is 1. The lowest BCUT2D eigenvalue weighted by atomic mass is 9.97. The number of hydrogen-bond donors (Lipinski definition) is 1. The van der Waals surface area contributed by atoms with Crippen LogP contribution in [0.25, 0.3) is 0 Å². The van der Waals surface area contributed by atoms with Gasteiger partial charge in [0.05, 0.1) is 6.54 Å². The summed E-state index contributed by atoms with van der Waals surface area (Å²) in [5.74, 6) is 3.90. The third kappa shape index (κ3) is 9.71. The molecule has 1 N–H and O–H groups in total. The van der Waals surface area contributed by atoms with Crippen LogP contribution in [0, 0.1) is 17.8 Å². The molecule has 2 nitrogen and oxygen atoms in total. The molecule has 20 heavy (non-hydrogen) atoms. The van der Waals surface area contributed by atoms with Crippen LogP contribution in [0.2, 0.25) is 0 Å². The van der Waals surface area contributed by atoms with Crippen LogP contribution in [0.5, 0.6) is 0 Å². The van der Waals surface area contributed by atoms with E-state index >= 15 is 0 Å². The van der Waals surface area contributed by atoms with Crippen LogP contribution in [-0.4, -0.2) is 18.6 Å². The maximum absolute atomic E-state index is 11.9. The standard InChI is InChI=1S/C15H24F3NO/c1-3-5-6-7-10-13(9-4-2)11-8-12-19-14(20)15(16,17)18/h13H,3-7,9-10,12H2,1-2H3,(H,19,20). The number of hydrogen-bond acceptors (Lipinski definition) is 1. The van der Waals surface area contributed by atoms with Crippen LogP contribution in [0.15, 0.2) is 0 Å². The first kappa shape index (κ1) is 18.8. The van der Waals surface area contributed by atoms with Gasteiger partial charge in [-0.25, -0.2) is 0 Å². The van der Waals surface area contributed by atoms with Gasteiger partial charge in [-0.05, 0) is 12.8 Å². The molecule has 0 spiro atoms. The summed E-state index contributed by atoms with van der Waals surface area (Å²) in [5.41, 5.74) is 0. The summed E-state index contributed by atoms with van der Waals surface area (Å²) in [6.07, 6.45) is 2.75. The van der Waals surface area contributed by atoms with Crippen molar-refractivity contribution in [3.05, 3.63) is 0 Å². The lowest BCUT2D eigenvalue weighted by molar-refractivity contribution is -0.173. The van der Waals surface area contributed by atoms with Crippen molar-refractivity contribution in [2.45, 2.75) is 65.0 Å². The summed E-state index contributed by atoms with van der Waals surface area (Å²) in [6.45, 7) is 3.96. The van der Waals surface area contributed by atoms with E-state index in [0.717, 1.165) is 25.7 Å². The zero-order valence-electron chi connectivity index (χ0n) is 12.3. The number of halogens is 3.